The Hall–Kier alpha value is -1.40. The second-order valence-electron chi connectivity index (χ2n) is 4.07. The lowest BCUT2D eigenvalue weighted by molar-refractivity contribution is -0.156. The summed E-state index contributed by atoms with van der Waals surface area (Å²) in [4.78, 5) is 21.2. The van der Waals surface area contributed by atoms with Crippen LogP contribution < -0.4 is 0 Å². The van der Waals surface area contributed by atoms with Crippen molar-refractivity contribution < 1.29 is 29.3 Å². The molecule has 1 unspecified atom stereocenters. The van der Waals surface area contributed by atoms with E-state index in [4.69, 9.17) is 19.7 Å². The van der Waals surface area contributed by atoms with Crippen LogP contribution in [0.4, 0.5) is 0 Å². The second kappa shape index (κ2) is 7.84. The zero-order chi connectivity index (χ0) is 13.4. The molecule has 0 bridgehead atoms. The van der Waals surface area contributed by atoms with Gasteiger partial charge in [0.15, 0.2) is 12.2 Å². The van der Waals surface area contributed by atoms with Crippen molar-refractivity contribution in [1.29, 1.82) is 0 Å². The van der Waals surface area contributed by atoms with Gasteiger partial charge in [0.2, 0.25) is 0 Å². The fraction of sp³-hybridized carbons (Fsp3) is 0.667. The molecule has 1 fully saturated rings. The summed E-state index contributed by atoms with van der Waals surface area (Å²) in [5.74, 6) is -4.06. The van der Waals surface area contributed by atoms with Gasteiger partial charge in [-0.2, -0.15) is 0 Å². The van der Waals surface area contributed by atoms with E-state index in [0.29, 0.717) is 13.2 Å². The maximum atomic E-state index is 10.6. The first kappa shape index (κ1) is 14.7. The first-order valence-corrected chi connectivity index (χ1v) is 5.95. The van der Waals surface area contributed by atoms with Gasteiger partial charge in [-0.3, -0.25) is 9.59 Å². The van der Waals surface area contributed by atoms with Crippen LogP contribution in [-0.2, 0) is 19.1 Å². The molecule has 0 spiro atoms. The fourth-order valence-electron chi connectivity index (χ4n) is 1.61. The van der Waals surface area contributed by atoms with Crippen LogP contribution in [-0.4, -0.2) is 41.7 Å². The minimum Gasteiger partial charge on any atom is -0.481 e. The minimum atomic E-state index is -1.40. The number of ether oxygens (including phenoxy) is 2. The van der Waals surface area contributed by atoms with Crippen molar-refractivity contribution in [2.45, 2.75) is 32.0 Å². The van der Waals surface area contributed by atoms with Gasteiger partial charge in [-0.1, -0.05) is 12.2 Å². The first-order valence-electron chi connectivity index (χ1n) is 5.95. The third kappa shape index (κ3) is 5.29. The number of hydrogen-bond acceptors (Lipinski definition) is 4. The van der Waals surface area contributed by atoms with Crippen LogP contribution in [0.3, 0.4) is 0 Å². The van der Waals surface area contributed by atoms with Gasteiger partial charge < -0.3 is 19.7 Å². The van der Waals surface area contributed by atoms with Crippen LogP contribution in [0.5, 0.6) is 0 Å². The van der Waals surface area contributed by atoms with E-state index >= 15 is 0 Å². The van der Waals surface area contributed by atoms with Crippen LogP contribution in [0.25, 0.3) is 0 Å². The molecule has 0 aliphatic carbocycles. The van der Waals surface area contributed by atoms with E-state index in [0.717, 1.165) is 19.3 Å². The highest BCUT2D eigenvalue weighted by molar-refractivity contribution is 5.92. The van der Waals surface area contributed by atoms with Crippen molar-refractivity contribution in [2.24, 2.45) is 5.92 Å². The molecule has 0 aromatic rings. The monoisotopic (exact) mass is 258 g/mol. The molecule has 1 atom stereocenters. The summed E-state index contributed by atoms with van der Waals surface area (Å²) in [6, 6.07) is 0. The molecule has 0 amide bonds. The van der Waals surface area contributed by atoms with Crippen LogP contribution in [0, 0.1) is 5.92 Å². The highest BCUT2D eigenvalue weighted by Crippen LogP contribution is 2.13. The summed E-state index contributed by atoms with van der Waals surface area (Å²) in [6.07, 6.45) is 5.88. The van der Waals surface area contributed by atoms with Gasteiger partial charge in [-0.15, -0.1) is 0 Å². The van der Waals surface area contributed by atoms with E-state index in [1.807, 2.05) is 0 Å². The maximum Gasteiger partial charge on any atom is 0.318 e. The van der Waals surface area contributed by atoms with Crippen molar-refractivity contribution in [3.8, 4) is 0 Å². The highest BCUT2D eigenvalue weighted by atomic mass is 16.7. The second-order valence-corrected chi connectivity index (χ2v) is 4.07. The number of aliphatic carboxylic acids is 2. The van der Waals surface area contributed by atoms with Gasteiger partial charge in [0.05, 0.1) is 6.61 Å². The molecule has 1 aliphatic heterocycles. The molecule has 0 saturated carbocycles. The molecule has 1 aliphatic rings. The van der Waals surface area contributed by atoms with Crippen molar-refractivity contribution >= 4 is 11.9 Å². The normalized spacial score (nSPS) is 20.4. The molecule has 1 saturated heterocycles. The van der Waals surface area contributed by atoms with Crippen molar-refractivity contribution in [3.63, 3.8) is 0 Å². The number of allylic oxidation sites excluding steroid dienone is 1. The molecule has 1 rings (SSSR count). The van der Waals surface area contributed by atoms with Gasteiger partial charge >= 0.3 is 11.9 Å². The van der Waals surface area contributed by atoms with E-state index in [-0.39, 0.29) is 12.7 Å². The molecule has 6 heteroatoms. The summed E-state index contributed by atoms with van der Waals surface area (Å²) < 4.78 is 10.7. The molecular formula is C12H18O6. The van der Waals surface area contributed by atoms with E-state index in [1.54, 1.807) is 6.08 Å². The zero-order valence-corrected chi connectivity index (χ0v) is 10.1. The number of carboxylic acids is 2. The summed E-state index contributed by atoms with van der Waals surface area (Å²) in [5.41, 5.74) is 0. The molecular weight excluding hydrogens is 240 g/mol. The third-order valence-electron chi connectivity index (χ3n) is 2.65. The molecule has 18 heavy (non-hydrogen) atoms. The number of carboxylic acid groups (broad SMARTS) is 2. The Balaban J connectivity index is 2.19. The van der Waals surface area contributed by atoms with E-state index in [1.165, 1.54) is 6.08 Å². The Morgan fingerprint density at radius 1 is 1.28 bits per heavy atom. The van der Waals surface area contributed by atoms with Crippen molar-refractivity contribution in [1.82, 2.24) is 0 Å². The lowest BCUT2D eigenvalue weighted by Gasteiger charge is -2.21. The Bertz CT molecular complexity index is 292. The van der Waals surface area contributed by atoms with Gasteiger partial charge in [-0.05, 0) is 25.7 Å². The summed E-state index contributed by atoms with van der Waals surface area (Å²) >= 11 is 0. The number of rotatable bonds is 7. The summed E-state index contributed by atoms with van der Waals surface area (Å²) in [6.45, 7) is 1.01. The molecule has 102 valence electrons. The Morgan fingerprint density at radius 2 is 2.00 bits per heavy atom. The minimum absolute atomic E-state index is 0.0421. The predicted octanol–water partition coefficient (Wildman–Crippen LogP) is 1.26. The highest BCUT2D eigenvalue weighted by Gasteiger charge is 2.23. The standard InChI is InChI=1S/C12H18O6/c13-11(14)9(12(15)16)5-1-3-7-17-10-6-2-4-8-18-10/h1,3,9-10H,2,4-8H2,(H,13,14)(H,15,16). The SMILES string of the molecule is O=C(O)C(CC=CCOC1CCCCO1)C(=O)O. The largest absolute Gasteiger partial charge is 0.481 e. The average molecular weight is 258 g/mol. The number of hydrogen-bond donors (Lipinski definition) is 2. The Morgan fingerprint density at radius 3 is 2.56 bits per heavy atom. The van der Waals surface area contributed by atoms with Crippen molar-refractivity contribution in [3.05, 3.63) is 12.2 Å². The fourth-order valence-corrected chi connectivity index (χ4v) is 1.61. The van der Waals surface area contributed by atoms with Crippen LogP contribution >= 0.6 is 0 Å². The summed E-state index contributed by atoms with van der Waals surface area (Å²) in [5, 5.41) is 17.3. The molecule has 0 aromatic carbocycles. The van der Waals surface area contributed by atoms with Gasteiger partial charge in [0.25, 0.3) is 0 Å². The van der Waals surface area contributed by atoms with Crippen LogP contribution in [0.2, 0.25) is 0 Å². The topological polar surface area (TPSA) is 93.1 Å². The van der Waals surface area contributed by atoms with Gasteiger partial charge in [0.1, 0.15) is 0 Å². The van der Waals surface area contributed by atoms with Crippen molar-refractivity contribution in [2.75, 3.05) is 13.2 Å². The molecule has 1 heterocycles. The van der Waals surface area contributed by atoms with E-state index < -0.39 is 17.9 Å². The quantitative estimate of drug-likeness (QED) is 0.527. The number of carbonyl (C=O) groups is 2. The smallest absolute Gasteiger partial charge is 0.318 e. The average Bonchev–Trinajstić information content (AvgIpc) is 2.34. The Labute approximate surface area is 105 Å². The zero-order valence-electron chi connectivity index (χ0n) is 10.1. The lowest BCUT2D eigenvalue weighted by atomic mass is 10.1. The van der Waals surface area contributed by atoms with E-state index in [2.05, 4.69) is 0 Å². The molecule has 6 nitrogen and oxygen atoms in total. The van der Waals surface area contributed by atoms with Gasteiger partial charge in [0, 0.05) is 6.61 Å². The van der Waals surface area contributed by atoms with Crippen LogP contribution in [0.15, 0.2) is 12.2 Å². The van der Waals surface area contributed by atoms with Gasteiger partial charge in [-0.25, -0.2) is 0 Å². The third-order valence-corrected chi connectivity index (χ3v) is 2.65. The molecule has 0 aromatic heterocycles. The first-order chi connectivity index (χ1) is 8.61. The maximum absolute atomic E-state index is 10.6. The van der Waals surface area contributed by atoms with Crippen LogP contribution in [0.1, 0.15) is 25.7 Å². The molecule has 0 radical (unpaired) electrons. The predicted molar refractivity (Wildman–Crippen MR) is 62.1 cm³/mol. The molecule has 2 N–H and O–H groups in total. The summed E-state index contributed by atoms with van der Waals surface area (Å²) in [7, 11) is 0. The van der Waals surface area contributed by atoms with E-state index in [9.17, 15) is 9.59 Å². The Kier molecular flexibility index (Phi) is 6.38. The lowest BCUT2D eigenvalue weighted by Crippen LogP contribution is -2.23.